The molecule has 13 aromatic rings. The van der Waals surface area contributed by atoms with Gasteiger partial charge in [-0.05, 0) is 275 Å². The number of benzene rings is 10. The molecule has 141 heavy (non-hydrogen) atoms. The van der Waals surface area contributed by atoms with Crippen molar-refractivity contribution in [3.8, 4) is 61.8 Å². The van der Waals surface area contributed by atoms with Crippen LogP contribution in [-0.2, 0) is 117 Å². The number of phenolic OH excluding ortho intramolecular Hbond substituents is 3. The van der Waals surface area contributed by atoms with Gasteiger partial charge in [-0.3, -0.25) is 0 Å². The molecule has 9 nitrogen and oxygen atoms in total. The van der Waals surface area contributed by atoms with Crippen LogP contribution < -0.4 is 15.0 Å². The summed E-state index contributed by atoms with van der Waals surface area (Å²) in [6.07, 6.45) is 10.3. The van der Waals surface area contributed by atoms with Gasteiger partial charge in [0.15, 0.2) is 0 Å². The molecule has 3 N–H and O–H groups in total. The molecule has 0 fully saturated rings. The van der Waals surface area contributed by atoms with Gasteiger partial charge in [0.1, 0.15) is 17.2 Å². The van der Waals surface area contributed by atoms with Crippen molar-refractivity contribution in [1.82, 2.24) is 15.0 Å². The van der Waals surface area contributed by atoms with Crippen LogP contribution in [0.2, 0.25) is 0 Å². The number of aromatic hydroxyl groups is 3. The van der Waals surface area contributed by atoms with Crippen molar-refractivity contribution < 1.29 is 117 Å². The Morgan fingerprint density at radius 3 is 0.837 bits per heavy atom. The third-order valence-electron chi connectivity index (χ3n) is 22.8. The molecule has 4 aliphatic rings. The van der Waals surface area contributed by atoms with Gasteiger partial charge in [0.05, 0.1) is 8.95 Å². The second kappa shape index (κ2) is 53.1. The summed E-state index contributed by atoms with van der Waals surface area (Å²) in [5.41, 5.74) is 27.9. The first-order chi connectivity index (χ1) is 66.3. The Hall–Kier alpha value is -8.34. The van der Waals surface area contributed by atoms with Crippen LogP contribution in [0.25, 0.3) is 44.5 Å². The molecule has 4 aliphatic carbocycles. The molecular formula is C114H122Br4F11Mo3N6O3-3. The molecule has 0 aliphatic heterocycles. The monoisotopic (exact) mass is 2440 g/mol. The zero-order valence-electron chi connectivity index (χ0n) is 82.8. The Labute approximate surface area is 881 Å². The quantitative estimate of drug-likeness (QED) is 0.0628. The van der Waals surface area contributed by atoms with Crippen LogP contribution >= 0.6 is 63.7 Å². The van der Waals surface area contributed by atoms with Crippen molar-refractivity contribution in [2.75, 3.05) is 0 Å². The maximum atomic E-state index is 13.2. The fourth-order valence-corrected chi connectivity index (χ4v) is 22.7. The van der Waals surface area contributed by atoms with Crippen LogP contribution in [0.1, 0.15) is 220 Å². The van der Waals surface area contributed by atoms with E-state index in [1.54, 1.807) is 16.5 Å². The summed E-state index contributed by atoms with van der Waals surface area (Å²) in [5, 5.41) is 32.5. The molecule has 0 radical (unpaired) electrons. The number of rotatable bonds is 7. The third-order valence-corrected chi connectivity index (χ3v) is 33.8. The minimum atomic E-state index is -4.32. The number of hydrogen-bond acceptors (Lipinski definition) is 6. The largest absolute Gasteiger partial charge is 0.665 e. The second-order valence-corrected chi connectivity index (χ2v) is 46.4. The van der Waals surface area contributed by atoms with Crippen LogP contribution in [0.4, 0.5) is 65.4 Å². The summed E-state index contributed by atoms with van der Waals surface area (Å²) in [5.74, 6) is -8.66. The average molecular weight is 2440 g/mol. The van der Waals surface area contributed by atoms with Gasteiger partial charge < -0.3 is 30.3 Å². The summed E-state index contributed by atoms with van der Waals surface area (Å²) in [7, 11) is 0. The van der Waals surface area contributed by atoms with E-state index in [0.29, 0.717) is 17.2 Å². The molecule has 3 aromatic heterocycles. The van der Waals surface area contributed by atoms with Crippen LogP contribution in [0, 0.1) is 108 Å². The average Bonchev–Trinajstić information content (AvgIpc) is 1.71. The summed E-state index contributed by atoms with van der Waals surface area (Å²) in [4.78, 5) is 12.3. The zero-order chi connectivity index (χ0) is 104. The molecular weight excluding hydrogens is 2320 g/mol. The van der Waals surface area contributed by atoms with Gasteiger partial charge in [0.2, 0.25) is 0 Å². The molecule has 17 rings (SSSR count). The Bertz CT molecular complexity index is 6110. The number of nitrogens with zero attached hydrogens (tertiary/aromatic N) is 6. The Balaban J connectivity index is 0.000000182. The van der Waals surface area contributed by atoms with Gasteiger partial charge >= 0.3 is 322 Å². The van der Waals surface area contributed by atoms with Gasteiger partial charge in [-0.1, -0.05) is 170 Å². The zero-order valence-corrected chi connectivity index (χ0v) is 95.2. The maximum absolute atomic E-state index is 13.2. The van der Waals surface area contributed by atoms with Crippen molar-refractivity contribution in [3.05, 3.63) is 335 Å². The predicted molar refractivity (Wildman–Crippen MR) is 557 cm³/mol. The number of halogens is 15. The fourth-order valence-electron chi connectivity index (χ4n) is 16.1. The molecule has 0 saturated heterocycles. The molecule has 0 unspecified atom stereocenters. The third kappa shape index (κ3) is 34.4. The van der Waals surface area contributed by atoms with E-state index in [0.717, 1.165) is 146 Å². The summed E-state index contributed by atoms with van der Waals surface area (Å²) < 4.78 is 162. The molecule has 0 bridgehead atoms. The molecule has 0 spiro atoms. The van der Waals surface area contributed by atoms with Crippen molar-refractivity contribution in [2.45, 2.75) is 240 Å². The van der Waals surface area contributed by atoms with E-state index in [9.17, 15) is 63.6 Å². The molecule has 27 heteroatoms. The molecule has 0 saturated carbocycles. The van der Waals surface area contributed by atoms with Gasteiger partial charge in [0.25, 0.3) is 0 Å². The Kier molecular flexibility index (Phi) is 43.8. The Morgan fingerprint density at radius 1 is 0.305 bits per heavy atom. The number of hydrogen-bond donors (Lipinski definition) is 3. The molecule has 752 valence electrons. The van der Waals surface area contributed by atoms with E-state index < -0.39 is 112 Å². The fraction of sp³-hybridized carbons (Fsp3) is 0.342. The first-order valence-electron chi connectivity index (χ1n) is 46.6. The van der Waals surface area contributed by atoms with E-state index in [1.807, 2.05) is 222 Å². The van der Waals surface area contributed by atoms with Gasteiger partial charge in [0, 0.05) is 31.2 Å². The molecule has 0 amide bonds. The van der Waals surface area contributed by atoms with Crippen LogP contribution in [0.15, 0.2) is 210 Å². The molecule has 0 atom stereocenters. The smallest absolute Gasteiger partial charge is 0.137 e. The molecule has 10 aromatic carbocycles. The van der Waals surface area contributed by atoms with E-state index in [1.165, 1.54) is 151 Å². The summed E-state index contributed by atoms with van der Waals surface area (Å²) in [6, 6.07) is 55.9. The minimum absolute atomic E-state index is 0.0128. The van der Waals surface area contributed by atoms with Crippen LogP contribution in [-0.4, -0.2) is 28.5 Å². The van der Waals surface area contributed by atoms with E-state index >= 15 is 0 Å². The second-order valence-electron chi connectivity index (χ2n) is 38.4. The normalized spacial score (nSPS) is 12.9. The number of phenols is 3. The summed E-state index contributed by atoms with van der Waals surface area (Å²) in [6.45, 7) is 36.0. The van der Waals surface area contributed by atoms with Crippen molar-refractivity contribution in [2.24, 2.45) is 26.7 Å². The first kappa shape index (κ1) is 116. The SMILES string of the molecule is CC(C)(C)[CH]=[Mo]=[N]c1c(F)c(F)c(F)c(F)c1F.CC(C)(C)[CH]=[Mo]=[N]c1ccccc1C(F)(F)F.CC(C)(C)[CH]=[Mo]=[N]c1ccccc1C(F)(F)F.Cc1c(Br)cc2c(c1-c1c(O)c(Br)cc3c1CCCC3)CCCC2.Cc1c(Br)cc2c(c1-c1c(O)c(Br)cc3c1CCCC3)CCCC2.Cc1cc(-c2ccccc2)c(O)c(-c2ccccc2)c1.Cc1ccc(C)[n-]1.Cc1ccc(C)[n-]1.Cc1ccc(C)[n-]1. The van der Waals surface area contributed by atoms with E-state index in [2.05, 4.69) is 134 Å². The van der Waals surface area contributed by atoms with Gasteiger partial charge in [-0.25, -0.2) is 0 Å². The van der Waals surface area contributed by atoms with Gasteiger partial charge in [-0.2, -0.15) is 34.2 Å². The minimum Gasteiger partial charge on any atom is -0.665 e. The van der Waals surface area contributed by atoms with Crippen LogP contribution in [0.5, 0.6) is 17.2 Å². The standard InChI is InChI=1S/2C21H22Br2O.C19H16O.2C7H4F3N.C6F5N.3C6H8N.3C5H10.3Mo/c2*1-12-17(22)10-13-6-2-4-8-15(13)19(12)20-16-9-5-3-7-14(16)11-18(23)21(20)24;1-14-12-17(15-8-4-2-5-9-15)19(20)18(13-14)16-10-6-3-7-11-16;2*8-7(9,10)5-3-1-2-4-6(5)11;7-1-2(8)4(10)6(12)5(11)3(1)9;3*1-5-3-4-6(2)7-5;3*1-5(2,3)4;;;/h2*10-11,24H,2-9H2,1H3;2-13,20H,1H3;2*1-4H;;3*3-4H,1-2H3;3*1H,2-4H3;;;/q;;;;;;3*-1;;;;;;. The van der Waals surface area contributed by atoms with E-state index in [4.69, 9.17) is 0 Å². The number of aryl methyl sites for hydroxylation is 11. The summed E-state index contributed by atoms with van der Waals surface area (Å²) >= 11 is 11.6. The molecule has 3 heterocycles. The first-order valence-corrected chi connectivity index (χ1v) is 56.0. The number of aromatic nitrogens is 3. The van der Waals surface area contributed by atoms with Crippen molar-refractivity contribution in [1.29, 1.82) is 0 Å². The number of fused-ring (bicyclic) bond motifs is 4. The van der Waals surface area contributed by atoms with E-state index in [-0.39, 0.29) is 27.6 Å². The maximum Gasteiger partial charge on any atom is 0.137 e. The Morgan fingerprint density at radius 2 is 0.560 bits per heavy atom. The van der Waals surface area contributed by atoms with Gasteiger partial charge in [-0.15, -0.1) is 0 Å². The van der Waals surface area contributed by atoms with Crippen molar-refractivity contribution in [3.63, 3.8) is 0 Å². The van der Waals surface area contributed by atoms with Crippen LogP contribution in [0.3, 0.4) is 0 Å². The van der Waals surface area contributed by atoms with Crippen molar-refractivity contribution >= 4 is 94.0 Å². The topological polar surface area (TPSA) is 140 Å². The number of alkyl halides is 6. The predicted octanol–water partition coefficient (Wildman–Crippen LogP) is 35.1.